The van der Waals surface area contributed by atoms with Crippen LogP contribution in [0.15, 0.2) is 12.5 Å². The van der Waals surface area contributed by atoms with Crippen LogP contribution in [0.5, 0.6) is 0 Å². The van der Waals surface area contributed by atoms with E-state index >= 15 is 0 Å². The Kier molecular flexibility index (Phi) is 3.83. The van der Waals surface area contributed by atoms with Crippen LogP contribution in [-0.4, -0.2) is 39.5 Å². The molecule has 0 spiro atoms. The van der Waals surface area contributed by atoms with Crippen molar-refractivity contribution in [3.8, 4) is 0 Å². The lowest BCUT2D eigenvalue weighted by Crippen LogP contribution is -2.35. The van der Waals surface area contributed by atoms with Gasteiger partial charge in [0.2, 0.25) is 5.91 Å². The van der Waals surface area contributed by atoms with Crippen molar-refractivity contribution in [2.45, 2.75) is 25.4 Å². The first-order chi connectivity index (χ1) is 8.66. The lowest BCUT2D eigenvalue weighted by Gasteiger charge is -2.06. The number of hydrogen-bond donors (Lipinski definition) is 3. The van der Waals surface area contributed by atoms with Gasteiger partial charge in [-0.15, -0.1) is 0 Å². The predicted octanol–water partition coefficient (Wildman–Crippen LogP) is -0.457. The molecule has 96 valence electrons. The number of carboxylic acids is 1. The summed E-state index contributed by atoms with van der Waals surface area (Å²) in [4.78, 5) is 29.8. The van der Waals surface area contributed by atoms with Crippen molar-refractivity contribution in [1.29, 1.82) is 0 Å². The van der Waals surface area contributed by atoms with Crippen LogP contribution in [0.1, 0.15) is 28.9 Å². The fourth-order valence-corrected chi connectivity index (χ4v) is 1.48. The zero-order chi connectivity index (χ0) is 13.0. The monoisotopic (exact) mass is 250 g/mol. The van der Waals surface area contributed by atoms with Crippen LogP contribution in [0, 0.1) is 0 Å². The van der Waals surface area contributed by atoms with E-state index in [2.05, 4.69) is 20.6 Å². The number of hydrogen-bond acceptors (Lipinski definition) is 5. The standard InChI is InChI=1S/C11H14N4O3/c16-10(15-7-1-2-7)5-12-4-9-8(11(17)18)3-13-6-14-9/h3,6-7,12H,1-2,4-5H2,(H,15,16)(H,17,18). The van der Waals surface area contributed by atoms with Crippen molar-refractivity contribution < 1.29 is 14.7 Å². The first kappa shape index (κ1) is 12.4. The Morgan fingerprint density at radius 3 is 2.89 bits per heavy atom. The first-order valence-corrected chi connectivity index (χ1v) is 5.69. The van der Waals surface area contributed by atoms with E-state index in [0.29, 0.717) is 11.7 Å². The number of aromatic carboxylic acids is 1. The summed E-state index contributed by atoms with van der Waals surface area (Å²) in [7, 11) is 0. The summed E-state index contributed by atoms with van der Waals surface area (Å²) in [6.07, 6.45) is 4.62. The summed E-state index contributed by atoms with van der Waals surface area (Å²) >= 11 is 0. The highest BCUT2D eigenvalue weighted by molar-refractivity contribution is 5.88. The summed E-state index contributed by atoms with van der Waals surface area (Å²) in [6, 6.07) is 0.327. The maximum atomic E-state index is 11.4. The largest absolute Gasteiger partial charge is 0.478 e. The van der Waals surface area contributed by atoms with Gasteiger partial charge in [-0.05, 0) is 12.8 Å². The second-order valence-corrected chi connectivity index (χ2v) is 4.13. The maximum absolute atomic E-state index is 11.4. The molecule has 7 heteroatoms. The van der Waals surface area contributed by atoms with Crippen LogP contribution >= 0.6 is 0 Å². The minimum atomic E-state index is -1.07. The molecule has 0 aliphatic heterocycles. The number of rotatable bonds is 6. The minimum absolute atomic E-state index is 0.0487. The molecule has 1 saturated carbocycles. The molecule has 1 aliphatic carbocycles. The highest BCUT2D eigenvalue weighted by Gasteiger charge is 2.22. The van der Waals surface area contributed by atoms with Crippen molar-refractivity contribution in [3.63, 3.8) is 0 Å². The fraction of sp³-hybridized carbons (Fsp3) is 0.455. The summed E-state index contributed by atoms with van der Waals surface area (Å²) < 4.78 is 0. The van der Waals surface area contributed by atoms with E-state index in [1.54, 1.807) is 0 Å². The van der Waals surface area contributed by atoms with E-state index in [4.69, 9.17) is 5.11 Å². The third-order valence-corrected chi connectivity index (χ3v) is 2.55. The number of amides is 1. The van der Waals surface area contributed by atoms with E-state index < -0.39 is 5.97 Å². The van der Waals surface area contributed by atoms with Gasteiger partial charge in [0, 0.05) is 18.8 Å². The van der Waals surface area contributed by atoms with Gasteiger partial charge in [-0.25, -0.2) is 14.8 Å². The minimum Gasteiger partial charge on any atom is -0.478 e. The molecule has 0 bridgehead atoms. The van der Waals surface area contributed by atoms with Gasteiger partial charge in [-0.3, -0.25) is 4.79 Å². The van der Waals surface area contributed by atoms with Gasteiger partial charge >= 0.3 is 5.97 Å². The fourth-order valence-electron chi connectivity index (χ4n) is 1.48. The van der Waals surface area contributed by atoms with Crippen molar-refractivity contribution >= 4 is 11.9 Å². The summed E-state index contributed by atoms with van der Waals surface area (Å²) in [5.41, 5.74) is 0.421. The van der Waals surface area contributed by atoms with E-state index in [1.807, 2.05) is 0 Å². The highest BCUT2D eigenvalue weighted by atomic mass is 16.4. The molecule has 0 atom stereocenters. The quantitative estimate of drug-likeness (QED) is 0.631. The number of nitrogens with zero attached hydrogens (tertiary/aromatic N) is 2. The Bertz CT molecular complexity index is 459. The summed E-state index contributed by atoms with van der Waals surface area (Å²) in [5.74, 6) is -1.15. The molecule has 1 aromatic rings. The van der Waals surface area contributed by atoms with Crippen molar-refractivity contribution in [2.75, 3.05) is 6.54 Å². The smallest absolute Gasteiger partial charge is 0.339 e. The van der Waals surface area contributed by atoms with Gasteiger partial charge in [0.05, 0.1) is 12.2 Å². The average Bonchev–Trinajstić information content (AvgIpc) is 3.13. The Hall–Kier alpha value is -2.02. The van der Waals surface area contributed by atoms with E-state index in [-0.39, 0.29) is 24.6 Å². The van der Waals surface area contributed by atoms with Gasteiger partial charge in [0.15, 0.2) is 0 Å². The van der Waals surface area contributed by atoms with Crippen molar-refractivity contribution in [1.82, 2.24) is 20.6 Å². The molecule has 2 rings (SSSR count). The van der Waals surface area contributed by atoms with Crippen LogP contribution in [0.25, 0.3) is 0 Å². The summed E-state index contributed by atoms with van der Waals surface area (Å²) in [6.45, 7) is 0.377. The molecule has 1 amide bonds. The molecule has 0 unspecified atom stereocenters. The van der Waals surface area contributed by atoms with E-state index in [0.717, 1.165) is 12.8 Å². The maximum Gasteiger partial charge on any atom is 0.339 e. The normalized spacial score (nSPS) is 14.2. The van der Waals surface area contributed by atoms with Crippen molar-refractivity contribution in [2.24, 2.45) is 0 Å². The molecule has 1 fully saturated rings. The average molecular weight is 250 g/mol. The predicted molar refractivity (Wildman–Crippen MR) is 61.9 cm³/mol. The molecule has 1 aromatic heterocycles. The van der Waals surface area contributed by atoms with Gasteiger partial charge in [-0.2, -0.15) is 0 Å². The molecule has 0 aromatic carbocycles. The Morgan fingerprint density at radius 2 is 2.22 bits per heavy atom. The molecular weight excluding hydrogens is 236 g/mol. The van der Waals surface area contributed by atoms with Gasteiger partial charge in [0.1, 0.15) is 11.9 Å². The second kappa shape index (κ2) is 5.54. The van der Waals surface area contributed by atoms with Crippen LogP contribution in [0.4, 0.5) is 0 Å². The lowest BCUT2D eigenvalue weighted by molar-refractivity contribution is -0.120. The Morgan fingerprint density at radius 1 is 1.44 bits per heavy atom. The van der Waals surface area contributed by atoms with Crippen LogP contribution in [0.3, 0.4) is 0 Å². The van der Waals surface area contributed by atoms with Gasteiger partial charge < -0.3 is 15.7 Å². The molecule has 0 saturated heterocycles. The molecule has 7 nitrogen and oxygen atoms in total. The third-order valence-electron chi connectivity index (χ3n) is 2.55. The van der Waals surface area contributed by atoms with Crippen LogP contribution in [-0.2, 0) is 11.3 Å². The number of carbonyl (C=O) groups excluding carboxylic acids is 1. The zero-order valence-corrected chi connectivity index (χ0v) is 9.72. The lowest BCUT2D eigenvalue weighted by atomic mass is 10.2. The van der Waals surface area contributed by atoms with Gasteiger partial charge in [0.25, 0.3) is 0 Å². The number of aromatic nitrogens is 2. The van der Waals surface area contributed by atoms with Gasteiger partial charge in [-0.1, -0.05) is 0 Å². The summed E-state index contributed by atoms with van der Waals surface area (Å²) in [5, 5.41) is 14.6. The molecule has 18 heavy (non-hydrogen) atoms. The molecular formula is C11H14N4O3. The highest BCUT2D eigenvalue weighted by Crippen LogP contribution is 2.18. The van der Waals surface area contributed by atoms with Crippen molar-refractivity contribution in [3.05, 3.63) is 23.8 Å². The topological polar surface area (TPSA) is 104 Å². The van der Waals surface area contributed by atoms with Crippen LogP contribution in [0.2, 0.25) is 0 Å². The number of nitrogens with one attached hydrogen (secondary N) is 2. The first-order valence-electron chi connectivity index (χ1n) is 5.69. The zero-order valence-electron chi connectivity index (χ0n) is 9.72. The van der Waals surface area contributed by atoms with Crippen LogP contribution < -0.4 is 10.6 Å². The number of carbonyl (C=O) groups is 2. The Labute approximate surface area is 104 Å². The number of carboxylic acid groups (broad SMARTS) is 1. The molecule has 0 radical (unpaired) electrons. The van der Waals surface area contributed by atoms with E-state index in [1.165, 1.54) is 12.5 Å². The molecule has 1 heterocycles. The Balaban J connectivity index is 1.82. The molecule has 1 aliphatic rings. The SMILES string of the molecule is O=C(CNCc1ncncc1C(=O)O)NC1CC1. The van der Waals surface area contributed by atoms with E-state index in [9.17, 15) is 9.59 Å². The molecule has 3 N–H and O–H groups in total. The second-order valence-electron chi connectivity index (χ2n) is 4.13. The third kappa shape index (κ3) is 3.49.